The summed E-state index contributed by atoms with van der Waals surface area (Å²) in [7, 11) is 0. The molecule has 1 saturated heterocycles. The van der Waals surface area contributed by atoms with Crippen LogP contribution in [-0.2, 0) is 4.79 Å². The van der Waals surface area contributed by atoms with Crippen molar-refractivity contribution in [2.45, 2.75) is 45.1 Å². The van der Waals surface area contributed by atoms with Gasteiger partial charge in [-0.05, 0) is 38.8 Å². The van der Waals surface area contributed by atoms with Crippen LogP contribution in [0.4, 0.5) is 0 Å². The van der Waals surface area contributed by atoms with E-state index in [1.807, 2.05) is 4.90 Å². The number of rotatable bonds is 3. The van der Waals surface area contributed by atoms with E-state index in [2.05, 4.69) is 4.90 Å². The number of hydrogen-bond donors (Lipinski definition) is 0. The highest BCUT2D eigenvalue weighted by Gasteiger charge is 2.31. The van der Waals surface area contributed by atoms with Gasteiger partial charge in [-0.2, -0.15) is 0 Å². The molecule has 0 atom stereocenters. The fraction of sp³-hybridized carbons (Fsp3) is 0.909. The summed E-state index contributed by atoms with van der Waals surface area (Å²) in [5.41, 5.74) is 0. The highest BCUT2D eigenvalue weighted by atomic mass is 16.2. The van der Waals surface area contributed by atoms with E-state index in [0.29, 0.717) is 6.04 Å². The van der Waals surface area contributed by atoms with Crippen molar-refractivity contribution in [3.8, 4) is 0 Å². The summed E-state index contributed by atoms with van der Waals surface area (Å²) in [6.45, 7) is 4.93. The van der Waals surface area contributed by atoms with Crippen molar-refractivity contribution in [2.24, 2.45) is 0 Å². The molecule has 1 amide bonds. The van der Waals surface area contributed by atoms with Crippen LogP contribution < -0.4 is 0 Å². The van der Waals surface area contributed by atoms with Crippen molar-refractivity contribution in [3.63, 3.8) is 0 Å². The van der Waals surface area contributed by atoms with E-state index in [-0.39, 0.29) is 5.91 Å². The number of hydrogen-bond acceptors (Lipinski definition) is 2. The molecule has 1 saturated carbocycles. The maximum Gasteiger partial charge on any atom is 0.220 e. The van der Waals surface area contributed by atoms with Crippen LogP contribution in [0.1, 0.15) is 39.0 Å². The molecule has 2 fully saturated rings. The van der Waals surface area contributed by atoms with E-state index in [0.717, 1.165) is 6.67 Å². The molecule has 0 N–H and O–H groups in total. The van der Waals surface area contributed by atoms with Gasteiger partial charge in [-0.1, -0.05) is 6.42 Å². The lowest BCUT2D eigenvalue weighted by Crippen LogP contribution is -2.43. The fourth-order valence-electron chi connectivity index (χ4n) is 2.17. The van der Waals surface area contributed by atoms with Crippen molar-refractivity contribution in [2.75, 3.05) is 19.8 Å². The topological polar surface area (TPSA) is 23.6 Å². The first-order valence-corrected chi connectivity index (χ1v) is 5.77. The average Bonchev–Trinajstić information content (AvgIpc) is 2.99. The van der Waals surface area contributed by atoms with Crippen LogP contribution in [0.2, 0.25) is 0 Å². The van der Waals surface area contributed by atoms with E-state index in [1.165, 1.54) is 45.2 Å². The van der Waals surface area contributed by atoms with Crippen LogP contribution in [0.15, 0.2) is 0 Å². The molecule has 0 bridgehead atoms. The predicted octanol–water partition coefficient (Wildman–Crippen LogP) is 1.44. The van der Waals surface area contributed by atoms with E-state index < -0.39 is 0 Å². The first-order valence-electron chi connectivity index (χ1n) is 5.77. The molecule has 0 spiro atoms. The van der Waals surface area contributed by atoms with Gasteiger partial charge in [-0.25, -0.2) is 0 Å². The van der Waals surface area contributed by atoms with Gasteiger partial charge in [0, 0.05) is 13.0 Å². The molecule has 1 aliphatic carbocycles. The van der Waals surface area contributed by atoms with Gasteiger partial charge in [0.05, 0.1) is 6.67 Å². The Hall–Kier alpha value is -0.570. The summed E-state index contributed by atoms with van der Waals surface area (Å²) in [5, 5.41) is 0. The van der Waals surface area contributed by atoms with Crippen LogP contribution in [0.3, 0.4) is 0 Å². The predicted molar refractivity (Wildman–Crippen MR) is 55.8 cm³/mol. The second-order valence-corrected chi connectivity index (χ2v) is 4.54. The van der Waals surface area contributed by atoms with Crippen LogP contribution >= 0.6 is 0 Å². The second-order valence-electron chi connectivity index (χ2n) is 4.54. The van der Waals surface area contributed by atoms with Crippen molar-refractivity contribution < 1.29 is 4.79 Å². The van der Waals surface area contributed by atoms with Crippen molar-refractivity contribution >= 4 is 5.91 Å². The normalized spacial score (nSPS) is 23.5. The molecule has 1 aliphatic heterocycles. The van der Waals surface area contributed by atoms with Gasteiger partial charge in [0.1, 0.15) is 0 Å². The van der Waals surface area contributed by atoms with Gasteiger partial charge in [0.25, 0.3) is 0 Å². The van der Waals surface area contributed by atoms with Gasteiger partial charge >= 0.3 is 0 Å². The van der Waals surface area contributed by atoms with E-state index in [1.54, 1.807) is 6.92 Å². The van der Waals surface area contributed by atoms with Gasteiger partial charge in [-0.15, -0.1) is 0 Å². The summed E-state index contributed by atoms with van der Waals surface area (Å²) < 4.78 is 0. The Morgan fingerprint density at radius 2 is 1.93 bits per heavy atom. The summed E-state index contributed by atoms with van der Waals surface area (Å²) in [5.74, 6) is 0.248. The molecule has 3 heteroatoms. The number of amides is 1. The fourth-order valence-corrected chi connectivity index (χ4v) is 2.17. The van der Waals surface area contributed by atoms with Crippen molar-refractivity contribution in [3.05, 3.63) is 0 Å². The number of nitrogens with zero attached hydrogens (tertiary/aromatic N) is 2. The SMILES string of the molecule is CC(=O)N(CN1CCCCC1)C1CC1. The van der Waals surface area contributed by atoms with Crippen LogP contribution in [0, 0.1) is 0 Å². The number of piperidine rings is 1. The molecule has 2 aliphatic rings. The molecule has 2 rings (SSSR count). The Kier molecular flexibility index (Phi) is 3.06. The Morgan fingerprint density at radius 1 is 1.29 bits per heavy atom. The maximum atomic E-state index is 11.4. The zero-order valence-electron chi connectivity index (χ0n) is 9.04. The maximum absolute atomic E-state index is 11.4. The average molecular weight is 196 g/mol. The van der Waals surface area contributed by atoms with E-state index in [9.17, 15) is 4.79 Å². The lowest BCUT2D eigenvalue weighted by Gasteiger charge is -2.32. The van der Waals surface area contributed by atoms with Crippen molar-refractivity contribution in [1.82, 2.24) is 9.80 Å². The zero-order chi connectivity index (χ0) is 9.97. The number of likely N-dealkylation sites (tertiary alicyclic amines) is 1. The van der Waals surface area contributed by atoms with Crippen molar-refractivity contribution in [1.29, 1.82) is 0 Å². The Bertz CT molecular complexity index is 207. The molecule has 14 heavy (non-hydrogen) atoms. The third-order valence-corrected chi connectivity index (χ3v) is 3.19. The summed E-state index contributed by atoms with van der Waals surface area (Å²) in [6.07, 6.45) is 6.40. The summed E-state index contributed by atoms with van der Waals surface area (Å²) >= 11 is 0. The van der Waals surface area contributed by atoms with Crippen LogP contribution in [0.5, 0.6) is 0 Å². The minimum absolute atomic E-state index is 0.248. The molecule has 1 heterocycles. The molecule has 0 aromatic carbocycles. The number of carbonyl (C=O) groups is 1. The third-order valence-electron chi connectivity index (χ3n) is 3.19. The van der Waals surface area contributed by atoms with Gasteiger partial charge in [0.2, 0.25) is 5.91 Å². The minimum atomic E-state index is 0.248. The number of carbonyl (C=O) groups excluding carboxylic acids is 1. The summed E-state index contributed by atoms with van der Waals surface area (Å²) in [6, 6.07) is 0.564. The first kappa shape index (κ1) is 9.97. The second kappa shape index (κ2) is 4.30. The minimum Gasteiger partial charge on any atom is -0.327 e. The highest BCUT2D eigenvalue weighted by molar-refractivity contribution is 5.73. The van der Waals surface area contributed by atoms with Crippen LogP contribution in [0.25, 0.3) is 0 Å². The monoisotopic (exact) mass is 196 g/mol. The highest BCUT2D eigenvalue weighted by Crippen LogP contribution is 2.27. The van der Waals surface area contributed by atoms with Crippen LogP contribution in [-0.4, -0.2) is 41.5 Å². The Morgan fingerprint density at radius 3 is 2.43 bits per heavy atom. The Labute approximate surface area is 86.1 Å². The third kappa shape index (κ3) is 2.47. The molecule has 80 valence electrons. The Balaban J connectivity index is 1.82. The molecule has 0 unspecified atom stereocenters. The van der Waals surface area contributed by atoms with Gasteiger partial charge in [-0.3, -0.25) is 9.69 Å². The molecular formula is C11H20N2O. The van der Waals surface area contributed by atoms with E-state index in [4.69, 9.17) is 0 Å². The lowest BCUT2D eigenvalue weighted by atomic mass is 10.1. The quantitative estimate of drug-likeness (QED) is 0.682. The standard InChI is InChI=1S/C11H20N2O/c1-10(14)13(11-5-6-11)9-12-7-3-2-4-8-12/h11H,2-9H2,1H3. The molecule has 3 nitrogen and oxygen atoms in total. The molecule has 0 aromatic heterocycles. The molecular weight excluding hydrogens is 176 g/mol. The molecule has 0 aromatic rings. The smallest absolute Gasteiger partial charge is 0.220 e. The van der Waals surface area contributed by atoms with Gasteiger partial charge in [0.15, 0.2) is 0 Å². The van der Waals surface area contributed by atoms with Gasteiger partial charge < -0.3 is 4.90 Å². The zero-order valence-corrected chi connectivity index (χ0v) is 9.04. The largest absolute Gasteiger partial charge is 0.327 e. The molecule has 0 radical (unpaired) electrons. The summed E-state index contributed by atoms with van der Waals surface area (Å²) in [4.78, 5) is 15.9. The lowest BCUT2D eigenvalue weighted by molar-refractivity contribution is -0.131. The first-order chi connectivity index (χ1) is 6.77. The van der Waals surface area contributed by atoms with E-state index >= 15 is 0 Å².